The largest absolute Gasteiger partial charge is 0.465 e. The standard InChI is InChI=1S/C6H15N3O3/c1-4(9-6(11)12)5(10)8-3-2-7/h4-5,8-10H,2-3,7H2,1H3,(H,11,12). The molecule has 0 heterocycles. The van der Waals surface area contributed by atoms with E-state index in [1.165, 1.54) is 0 Å². The van der Waals surface area contributed by atoms with Gasteiger partial charge in [0.05, 0.1) is 6.04 Å². The Morgan fingerprint density at radius 1 is 1.67 bits per heavy atom. The van der Waals surface area contributed by atoms with Crippen LogP contribution in [-0.2, 0) is 0 Å². The van der Waals surface area contributed by atoms with Crippen molar-refractivity contribution < 1.29 is 15.0 Å². The summed E-state index contributed by atoms with van der Waals surface area (Å²) < 4.78 is 0. The number of carboxylic acid groups (broad SMARTS) is 1. The zero-order chi connectivity index (χ0) is 9.56. The molecule has 0 rings (SSSR count). The molecule has 2 unspecified atom stereocenters. The Kier molecular flexibility index (Phi) is 5.35. The van der Waals surface area contributed by atoms with Crippen LogP contribution in [-0.4, -0.2) is 41.7 Å². The summed E-state index contributed by atoms with van der Waals surface area (Å²) in [6.45, 7) is 2.41. The number of aliphatic hydroxyl groups is 1. The Balaban J connectivity index is 3.60. The van der Waals surface area contributed by atoms with Crippen molar-refractivity contribution in [3.05, 3.63) is 0 Å². The monoisotopic (exact) mass is 177 g/mol. The fourth-order valence-electron chi connectivity index (χ4n) is 0.682. The van der Waals surface area contributed by atoms with Gasteiger partial charge in [0.15, 0.2) is 0 Å². The van der Waals surface area contributed by atoms with Gasteiger partial charge < -0.3 is 21.3 Å². The highest BCUT2D eigenvalue weighted by Gasteiger charge is 2.14. The fraction of sp³-hybridized carbons (Fsp3) is 0.833. The first-order valence-electron chi connectivity index (χ1n) is 3.69. The predicted molar refractivity (Wildman–Crippen MR) is 43.7 cm³/mol. The third kappa shape index (κ3) is 4.89. The van der Waals surface area contributed by atoms with Crippen LogP contribution in [0, 0.1) is 0 Å². The minimum Gasteiger partial charge on any atom is -0.465 e. The van der Waals surface area contributed by atoms with Crippen molar-refractivity contribution in [3.63, 3.8) is 0 Å². The van der Waals surface area contributed by atoms with Gasteiger partial charge in [0.2, 0.25) is 0 Å². The molecule has 0 saturated carbocycles. The molecule has 0 aromatic heterocycles. The van der Waals surface area contributed by atoms with E-state index in [-0.39, 0.29) is 0 Å². The summed E-state index contributed by atoms with van der Waals surface area (Å²) >= 11 is 0. The summed E-state index contributed by atoms with van der Waals surface area (Å²) in [5.74, 6) is 0. The lowest BCUT2D eigenvalue weighted by Gasteiger charge is -2.19. The number of rotatable bonds is 5. The Labute approximate surface area is 70.8 Å². The van der Waals surface area contributed by atoms with Crippen LogP contribution in [0.1, 0.15) is 6.92 Å². The predicted octanol–water partition coefficient (Wildman–Crippen LogP) is -1.49. The molecular weight excluding hydrogens is 162 g/mol. The zero-order valence-electron chi connectivity index (χ0n) is 6.95. The smallest absolute Gasteiger partial charge is 0.405 e. The van der Waals surface area contributed by atoms with Crippen LogP contribution in [0.4, 0.5) is 4.79 Å². The van der Waals surface area contributed by atoms with Gasteiger partial charge in [-0.1, -0.05) is 0 Å². The lowest BCUT2D eigenvalue weighted by atomic mass is 10.3. The molecule has 12 heavy (non-hydrogen) atoms. The number of nitrogens with two attached hydrogens (primary N) is 1. The highest BCUT2D eigenvalue weighted by Crippen LogP contribution is 1.87. The Morgan fingerprint density at radius 2 is 2.25 bits per heavy atom. The maximum Gasteiger partial charge on any atom is 0.405 e. The molecule has 72 valence electrons. The second kappa shape index (κ2) is 5.76. The van der Waals surface area contributed by atoms with Gasteiger partial charge in [-0.2, -0.15) is 0 Å². The summed E-state index contributed by atoms with van der Waals surface area (Å²) in [7, 11) is 0. The van der Waals surface area contributed by atoms with Crippen LogP contribution in [0.5, 0.6) is 0 Å². The molecule has 0 aliphatic heterocycles. The van der Waals surface area contributed by atoms with Gasteiger partial charge in [0, 0.05) is 13.1 Å². The third-order valence-corrected chi connectivity index (χ3v) is 1.32. The third-order valence-electron chi connectivity index (χ3n) is 1.32. The van der Waals surface area contributed by atoms with E-state index in [1.54, 1.807) is 6.92 Å². The molecule has 0 bridgehead atoms. The van der Waals surface area contributed by atoms with Crippen LogP contribution < -0.4 is 16.4 Å². The van der Waals surface area contributed by atoms with Gasteiger partial charge in [-0.3, -0.25) is 5.32 Å². The molecule has 0 saturated heterocycles. The molecule has 0 aliphatic carbocycles. The number of nitrogens with one attached hydrogen (secondary N) is 2. The lowest BCUT2D eigenvalue weighted by Crippen LogP contribution is -2.48. The lowest BCUT2D eigenvalue weighted by molar-refractivity contribution is 0.0980. The topological polar surface area (TPSA) is 108 Å². The number of aliphatic hydroxyl groups excluding tert-OH is 1. The molecule has 0 aromatic carbocycles. The summed E-state index contributed by atoms with van der Waals surface area (Å²) in [6, 6.07) is -0.547. The molecule has 0 aromatic rings. The van der Waals surface area contributed by atoms with Crippen molar-refractivity contribution in [1.82, 2.24) is 10.6 Å². The van der Waals surface area contributed by atoms with E-state index in [0.29, 0.717) is 13.1 Å². The maximum absolute atomic E-state index is 10.1. The molecule has 6 N–H and O–H groups in total. The van der Waals surface area contributed by atoms with Gasteiger partial charge in [-0.25, -0.2) is 4.79 Å². The Hall–Kier alpha value is -0.850. The van der Waals surface area contributed by atoms with Crippen molar-refractivity contribution in [3.8, 4) is 0 Å². The second-order valence-electron chi connectivity index (χ2n) is 2.43. The summed E-state index contributed by atoms with van der Waals surface area (Å²) in [6.07, 6.45) is -2.05. The maximum atomic E-state index is 10.1. The first-order chi connectivity index (χ1) is 5.57. The van der Waals surface area contributed by atoms with Crippen molar-refractivity contribution in [2.45, 2.75) is 19.2 Å². The molecule has 0 fully saturated rings. The van der Waals surface area contributed by atoms with Crippen molar-refractivity contribution in [1.29, 1.82) is 0 Å². The Morgan fingerprint density at radius 3 is 2.67 bits per heavy atom. The van der Waals surface area contributed by atoms with Crippen molar-refractivity contribution >= 4 is 6.09 Å². The Bertz CT molecular complexity index is 142. The molecule has 0 aliphatic rings. The normalized spacial score (nSPS) is 15.2. The molecule has 6 heteroatoms. The molecule has 0 radical (unpaired) electrons. The minimum atomic E-state index is -1.16. The van der Waals surface area contributed by atoms with E-state index in [1.807, 2.05) is 0 Å². The van der Waals surface area contributed by atoms with Crippen LogP contribution >= 0.6 is 0 Å². The van der Waals surface area contributed by atoms with Crippen LogP contribution in [0.25, 0.3) is 0 Å². The summed E-state index contributed by atoms with van der Waals surface area (Å²) in [4.78, 5) is 10.1. The van der Waals surface area contributed by atoms with E-state index in [4.69, 9.17) is 10.8 Å². The van der Waals surface area contributed by atoms with Crippen LogP contribution in [0.15, 0.2) is 0 Å². The quantitative estimate of drug-likeness (QED) is 0.329. The first-order valence-corrected chi connectivity index (χ1v) is 3.69. The molecular formula is C6H15N3O3. The SMILES string of the molecule is CC(NC(=O)O)C(O)NCCN. The molecule has 6 nitrogen and oxygen atoms in total. The van der Waals surface area contributed by atoms with Gasteiger partial charge in [0.25, 0.3) is 0 Å². The van der Waals surface area contributed by atoms with E-state index in [2.05, 4.69) is 10.6 Å². The fourth-order valence-corrected chi connectivity index (χ4v) is 0.682. The highest BCUT2D eigenvalue weighted by molar-refractivity contribution is 5.64. The van der Waals surface area contributed by atoms with Gasteiger partial charge in [-0.15, -0.1) is 0 Å². The average molecular weight is 177 g/mol. The first kappa shape index (κ1) is 11.2. The van der Waals surface area contributed by atoms with Gasteiger partial charge in [0.1, 0.15) is 6.23 Å². The van der Waals surface area contributed by atoms with Gasteiger partial charge >= 0.3 is 6.09 Å². The van der Waals surface area contributed by atoms with E-state index in [9.17, 15) is 9.90 Å². The van der Waals surface area contributed by atoms with Crippen molar-refractivity contribution in [2.24, 2.45) is 5.73 Å². The molecule has 1 amide bonds. The van der Waals surface area contributed by atoms with Crippen LogP contribution in [0.2, 0.25) is 0 Å². The van der Waals surface area contributed by atoms with E-state index < -0.39 is 18.4 Å². The summed E-state index contributed by atoms with van der Waals surface area (Å²) in [5.41, 5.74) is 5.17. The van der Waals surface area contributed by atoms with Gasteiger partial charge in [-0.05, 0) is 6.92 Å². The average Bonchev–Trinajstić information content (AvgIpc) is 1.98. The second-order valence-corrected chi connectivity index (χ2v) is 2.43. The summed E-state index contributed by atoms with van der Waals surface area (Å²) in [5, 5.41) is 22.2. The van der Waals surface area contributed by atoms with Crippen LogP contribution in [0.3, 0.4) is 0 Å². The number of carbonyl (C=O) groups is 1. The number of hydrogen-bond donors (Lipinski definition) is 5. The molecule has 2 atom stereocenters. The van der Waals surface area contributed by atoms with Crippen molar-refractivity contribution in [2.75, 3.05) is 13.1 Å². The number of hydrogen-bond acceptors (Lipinski definition) is 4. The zero-order valence-corrected chi connectivity index (χ0v) is 6.95. The minimum absolute atomic E-state index is 0.400. The molecule has 0 spiro atoms. The van der Waals surface area contributed by atoms with E-state index >= 15 is 0 Å². The van der Waals surface area contributed by atoms with E-state index in [0.717, 1.165) is 0 Å². The highest BCUT2D eigenvalue weighted by atomic mass is 16.4. The number of amides is 1.